The Balaban J connectivity index is 2.94. The van der Waals surface area contributed by atoms with Gasteiger partial charge in [0.2, 0.25) is 0 Å². The van der Waals surface area contributed by atoms with E-state index < -0.39 is 12.0 Å². The summed E-state index contributed by atoms with van der Waals surface area (Å²) in [6.45, 7) is 5.03. The van der Waals surface area contributed by atoms with Gasteiger partial charge in [0.05, 0.1) is 6.61 Å². The van der Waals surface area contributed by atoms with E-state index in [1.165, 1.54) is 0 Å². The van der Waals surface area contributed by atoms with Crippen molar-refractivity contribution in [3.05, 3.63) is 23.8 Å². The Kier molecular flexibility index (Phi) is 6.15. The number of carbonyl (C=O) groups is 1. The van der Waals surface area contributed by atoms with Crippen LogP contribution in [0, 0.1) is 0 Å². The number of amides is 1. The Morgan fingerprint density at radius 3 is 2.63 bits per heavy atom. The first kappa shape index (κ1) is 15.3. The largest absolute Gasteiger partial charge is 0.490 e. The fourth-order valence-electron chi connectivity index (χ4n) is 1.73. The third-order valence-electron chi connectivity index (χ3n) is 2.65. The molecular weight excluding hydrogens is 244 g/mol. The first-order valence-electron chi connectivity index (χ1n) is 6.48. The second-order valence-corrected chi connectivity index (χ2v) is 4.16. The molecule has 1 atom stereocenters. The summed E-state index contributed by atoms with van der Waals surface area (Å²) in [5, 5.41) is 3.07. The van der Waals surface area contributed by atoms with Crippen LogP contribution in [0.4, 0.5) is 0 Å². The number of ether oxygens (including phenoxy) is 2. The van der Waals surface area contributed by atoms with E-state index in [0.717, 1.165) is 12.1 Å². The highest BCUT2D eigenvalue weighted by Crippen LogP contribution is 2.29. The zero-order valence-corrected chi connectivity index (χ0v) is 11.7. The number of nitrogens with one attached hydrogen (secondary N) is 1. The van der Waals surface area contributed by atoms with E-state index in [0.29, 0.717) is 24.5 Å². The first-order chi connectivity index (χ1) is 9.12. The Labute approximate surface area is 114 Å². The summed E-state index contributed by atoms with van der Waals surface area (Å²) in [4.78, 5) is 11.2. The summed E-state index contributed by atoms with van der Waals surface area (Å²) >= 11 is 0. The molecule has 0 spiro atoms. The van der Waals surface area contributed by atoms with Crippen LogP contribution >= 0.6 is 0 Å². The lowest BCUT2D eigenvalue weighted by atomic mass is 10.2. The van der Waals surface area contributed by atoms with Gasteiger partial charge in [0.15, 0.2) is 17.6 Å². The van der Waals surface area contributed by atoms with Crippen LogP contribution in [-0.2, 0) is 11.3 Å². The van der Waals surface area contributed by atoms with Crippen LogP contribution in [-0.4, -0.2) is 25.7 Å². The molecule has 0 bridgehead atoms. The van der Waals surface area contributed by atoms with Crippen molar-refractivity contribution >= 4 is 5.91 Å². The van der Waals surface area contributed by atoms with E-state index in [2.05, 4.69) is 5.32 Å². The predicted molar refractivity (Wildman–Crippen MR) is 74.3 cm³/mol. The fraction of sp³-hybridized carbons (Fsp3) is 0.500. The Hall–Kier alpha value is -1.75. The number of hydrogen-bond acceptors (Lipinski definition) is 4. The number of primary amides is 1. The van der Waals surface area contributed by atoms with Crippen molar-refractivity contribution in [3.8, 4) is 11.5 Å². The Morgan fingerprint density at radius 1 is 1.37 bits per heavy atom. The minimum Gasteiger partial charge on any atom is -0.490 e. The standard InChI is InChI=1S/C14H22N2O3/c1-4-11(14(15)17)19-12-7-6-10(9-16-3)8-13(12)18-5-2/h6-8,11,16H,4-5,9H2,1-3H3,(H2,15,17). The lowest BCUT2D eigenvalue weighted by Gasteiger charge is -2.17. The predicted octanol–water partition coefficient (Wildman–Crippen LogP) is 1.45. The van der Waals surface area contributed by atoms with E-state index in [9.17, 15) is 4.79 Å². The molecule has 0 aliphatic heterocycles. The maximum atomic E-state index is 11.2. The Morgan fingerprint density at radius 2 is 2.11 bits per heavy atom. The molecule has 0 fully saturated rings. The first-order valence-corrected chi connectivity index (χ1v) is 6.48. The number of hydrogen-bond donors (Lipinski definition) is 2. The third kappa shape index (κ3) is 4.44. The zero-order valence-electron chi connectivity index (χ0n) is 11.7. The van der Waals surface area contributed by atoms with Crippen molar-refractivity contribution in [1.29, 1.82) is 0 Å². The molecule has 0 aromatic heterocycles. The van der Waals surface area contributed by atoms with E-state index >= 15 is 0 Å². The molecule has 0 saturated heterocycles. The van der Waals surface area contributed by atoms with Crippen LogP contribution in [0.15, 0.2) is 18.2 Å². The van der Waals surface area contributed by atoms with Gasteiger partial charge >= 0.3 is 0 Å². The fourth-order valence-corrected chi connectivity index (χ4v) is 1.73. The normalized spacial score (nSPS) is 11.9. The van der Waals surface area contributed by atoms with Gasteiger partial charge in [-0.05, 0) is 38.1 Å². The van der Waals surface area contributed by atoms with Gasteiger partial charge in [-0.1, -0.05) is 13.0 Å². The molecule has 0 heterocycles. The smallest absolute Gasteiger partial charge is 0.258 e. The molecule has 1 aromatic rings. The molecule has 5 heteroatoms. The molecule has 0 saturated carbocycles. The summed E-state index contributed by atoms with van der Waals surface area (Å²) in [5.41, 5.74) is 6.37. The summed E-state index contributed by atoms with van der Waals surface area (Å²) in [6.07, 6.45) is -0.103. The molecule has 0 radical (unpaired) electrons. The second kappa shape index (κ2) is 7.63. The summed E-state index contributed by atoms with van der Waals surface area (Å²) in [6, 6.07) is 5.65. The van der Waals surface area contributed by atoms with Crippen LogP contribution in [0.25, 0.3) is 0 Å². The molecule has 1 aromatic carbocycles. The maximum absolute atomic E-state index is 11.2. The van der Waals surface area contributed by atoms with E-state index in [4.69, 9.17) is 15.2 Å². The van der Waals surface area contributed by atoms with Gasteiger partial charge in [0.1, 0.15) is 0 Å². The minimum atomic E-state index is -0.630. The number of rotatable bonds is 8. The minimum absolute atomic E-state index is 0.468. The SMILES string of the molecule is CCOc1cc(CNC)ccc1OC(CC)C(N)=O. The molecule has 0 aliphatic carbocycles. The molecule has 1 rings (SSSR count). The highest BCUT2D eigenvalue weighted by Gasteiger charge is 2.17. The molecule has 0 aliphatic rings. The summed E-state index contributed by atoms with van der Waals surface area (Å²) in [7, 11) is 1.88. The average molecular weight is 266 g/mol. The van der Waals surface area contributed by atoms with Gasteiger partial charge in [0.25, 0.3) is 5.91 Å². The van der Waals surface area contributed by atoms with Crippen molar-refractivity contribution in [2.45, 2.75) is 32.9 Å². The number of carbonyl (C=O) groups excluding carboxylic acids is 1. The molecule has 1 amide bonds. The molecule has 19 heavy (non-hydrogen) atoms. The summed E-state index contributed by atoms with van der Waals surface area (Å²) in [5.74, 6) is 0.714. The van der Waals surface area contributed by atoms with Crippen LogP contribution in [0.2, 0.25) is 0 Å². The van der Waals surface area contributed by atoms with Gasteiger partial charge in [0, 0.05) is 6.54 Å². The highest BCUT2D eigenvalue weighted by molar-refractivity contribution is 5.79. The quantitative estimate of drug-likeness (QED) is 0.747. The Bertz CT molecular complexity index is 421. The van der Waals surface area contributed by atoms with Crippen molar-refractivity contribution in [2.24, 2.45) is 5.73 Å². The lowest BCUT2D eigenvalue weighted by Crippen LogP contribution is -2.33. The second-order valence-electron chi connectivity index (χ2n) is 4.16. The molecule has 5 nitrogen and oxygen atoms in total. The van der Waals surface area contributed by atoms with Gasteiger partial charge < -0.3 is 20.5 Å². The van der Waals surface area contributed by atoms with Crippen molar-refractivity contribution < 1.29 is 14.3 Å². The van der Waals surface area contributed by atoms with E-state index in [-0.39, 0.29) is 0 Å². The van der Waals surface area contributed by atoms with Crippen LogP contribution in [0.3, 0.4) is 0 Å². The third-order valence-corrected chi connectivity index (χ3v) is 2.65. The summed E-state index contributed by atoms with van der Waals surface area (Å²) < 4.78 is 11.2. The number of benzene rings is 1. The molecule has 106 valence electrons. The molecular formula is C14H22N2O3. The van der Waals surface area contributed by atoms with Crippen LogP contribution in [0.5, 0.6) is 11.5 Å². The van der Waals surface area contributed by atoms with Gasteiger partial charge in [-0.2, -0.15) is 0 Å². The van der Waals surface area contributed by atoms with Gasteiger partial charge in [-0.3, -0.25) is 4.79 Å². The van der Waals surface area contributed by atoms with Crippen molar-refractivity contribution in [1.82, 2.24) is 5.32 Å². The van der Waals surface area contributed by atoms with E-state index in [1.54, 1.807) is 0 Å². The van der Waals surface area contributed by atoms with Gasteiger partial charge in [-0.25, -0.2) is 0 Å². The topological polar surface area (TPSA) is 73.6 Å². The average Bonchev–Trinajstić information content (AvgIpc) is 2.38. The van der Waals surface area contributed by atoms with E-state index in [1.807, 2.05) is 39.1 Å². The van der Waals surface area contributed by atoms with Crippen molar-refractivity contribution in [2.75, 3.05) is 13.7 Å². The van der Waals surface area contributed by atoms with Crippen LogP contribution < -0.4 is 20.5 Å². The van der Waals surface area contributed by atoms with Crippen molar-refractivity contribution in [3.63, 3.8) is 0 Å². The molecule has 1 unspecified atom stereocenters. The maximum Gasteiger partial charge on any atom is 0.258 e. The monoisotopic (exact) mass is 266 g/mol. The lowest BCUT2D eigenvalue weighted by molar-refractivity contribution is -0.124. The zero-order chi connectivity index (χ0) is 14.3. The van der Waals surface area contributed by atoms with Gasteiger partial charge in [-0.15, -0.1) is 0 Å². The number of nitrogens with two attached hydrogens (primary N) is 1. The van der Waals surface area contributed by atoms with Crippen LogP contribution in [0.1, 0.15) is 25.8 Å². The highest BCUT2D eigenvalue weighted by atomic mass is 16.5. The molecule has 3 N–H and O–H groups in total.